The number of fused-ring (bicyclic) bond motifs is 7. The Bertz CT molecular complexity index is 3500. The minimum Gasteiger partial charge on any atom is -0.744 e. The van der Waals surface area contributed by atoms with E-state index in [0.717, 1.165) is 66.0 Å². The molecular weight excluding hydrogens is 1150 g/mol. The number of likely N-dealkylation sites (N-methyl/N-ethyl adjacent to an activating group) is 1. The van der Waals surface area contributed by atoms with E-state index < -0.39 is 85.3 Å². The SMILES string of the molecule is CCN1/C2=C/C=C/C3=[N+](CCCCCC(=O)NCCCCCCNc4ncnc5c4ncn5[C@@H]4C[C@H](COP(=O)(O)OP(=O)(O)OP(=O)(O)O)C(O)C4O)c4ccc(S(=O)(=O)O)cc4C3(C)CCC2(C)c2cc(S(=O)(=O)[O-])ccc21. The number of nitrogens with one attached hydrogen (secondary N) is 2. The molecule has 32 heteroatoms. The Labute approximate surface area is 461 Å². The third-order valence-electron chi connectivity index (χ3n) is 15.3. The molecule has 0 radical (unpaired) electrons. The summed E-state index contributed by atoms with van der Waals surface area (Å²) in [5.41, 5.74) is 4.14. The van der Waals surface area contributed by atoms with Gasteiger partial charge in [-0.25, -0.2) is 37.1 Å². The van der Waals surface area contributed by atoms with E-state index in [-0.39, 0.29) is 22.1 Å². The van der Waals surface area contributed by atoms with Crippen molar-refractivity contribution in [2.24, 2.45) is 5.92 Å². The van der Waals surface area contributed by atoms with Gasteiger partial charge < -0.3 is 54.4 Å². The van der Waals surface area contributed by atoms with Gasteiger partial charge in [0.25, 0.3) is 10.1 Å². The summed E-state index contributed by atoms with van der Waals surface area (Å²) in [5, 5.41) is 27.9. The lowest BCUT2D eigenvalue weighted by Crippen LogP contribution is -2.35. The molecule has 4 heterocycles. The summed E-state index contributed by atoms with van der Waals surface area (Å²) in [4.78, 5) is 64.2. The van der Waals surface area contributed by atoms with Gasteiger partial charge >= 0.3 is 23.5 Å². The van der Waals surface area contributed by atoms with Crippen LogP contribution in [0.2, 0.25) is 0 Å². The standard InChI is InChI=1S/C48H65N8O19P3S2/c1-4-54-36-18-16-32(79(67,68)69)26-34(36)47(2)20-21-48(3)35-27-33(80(70,71)72)17-19-37(35)55(40(48)14-12-13-39(47)54)24-11-7-8-15-41(57)49-22-9-5-6-10-23-50-45-42-46(52-29-51-45)56(30-53-42)38-25-31(43(58)44(38)59)28-73-77(63,64)75-78(65,66)74-76(60,61)62/h12-14,16-19,26-27,29-31,38,43-44,58-59H,4-11,15,20-25,28H2,1-3H3,(H7-,49,50,51,52,57,60,61,62,63,64,65,66,67,68,69,70,71,72)/t31-,38-,43?,44?,47?,48?/m1/s1. The molecule has 6 unspecified atom stereocenters. The van der Waals surface area contributed by atoms with Crippen LogP contribution in [0.5, 0.6) is 0 Å². The maximum Gasteiger partial charge on any atom is 0.490 e. The Morgan fingerprint density at radius 2 is 1.54 bits per heavy atom. The first-order valence-electron chi connectivity index (χ1n) is 25.8. The van der Waals surface area contributed by atoms with E-state index in [1.54, 1.807) is 12.1 Å². The number of hydrogen-bond acceptors (Lipinski definition) is 19. The van der Waals surface area contributed by atoms with E-state index in [1.807, 2.05) is 39.0 Å². The summed E-state index contributed by atoms with van der Waals surface area (Å²) in [6.45, 7) is 7.48. The van der Waals surface area contributed by atoms with Crippen molar-refractivity contribution in [1.29, 1.82) is 0 Å². The molecule has 80 heavy (non-hydrogen) atoms. The first kappa shape index (κ1) is 61.4. The molecule has 2 aromatic carbocycles. The number of allylic oxidation sites excluding steroid dienone is 4. The minimum absolute atomic E-state index is 0.0525. The van der Waals surface area contributed by atoms with Crippen molar-refractivity contribution >= 4 is 83.7 Å². The van der Waals surface area contributed by atoms with Crippen molar-refractivity contribution in [3.05, 3.63) is 84.1 Å². The highest BCUT2D eigenvalue weighted by Gasteiger charge is 2.52. The Morgan fingerprint density at radius 3 is 2.24 bits per heavy atom. The second kappa shape index (κ2) is 23.9. The second-order valence-electron chi connectivity index (χ2n) is 20.6. The van der Waals surface area contributed by atoms with Gasteiger partial charge in [-0.15, -0.1) is 0 Å². The number of hydrogen-bond donors (Lipinski definition) is 9. The molecule has 27 nitrogen and oxygen atoms in total. The molecule has 4 aromatic rings. The highest BCUT2D eigenvalue weighted by atomic mass is 32.2. The Balaban J connectivity index is 0.786. The quantitative estimate of drug-likeness (QED) is 0.0175. The molecule has 438 valence electrons. The van der Waals surface area contributed by atoms with E-state index in [9.17, 15) is 64.4 Å². The lowest BCUT2D eigenvalue weighted by Gasteiger charge is -2.32. The smallest absolute Gasteiger partial charge is 0.490 e. The predicted octanol–water partition coefficient (Wildman–Crippen LogP) is 5.34. The molecule has 0 spiro atoms. The van der Waals surface area contributed by atoms with E-state index in [0.29, 0.717) is 75.3 Å². The molecule has 8 rings (SSSR count). The summed E-state index contributed by atoms with van der Waals surface area (Å²) in [5.74, 6) is -0.672. The number of anilines is 2. The van der Waals surface area contributed by atoms with Crippen LogP contribution >= 0.6 is 23.5 Å². The number of amides is 1. The zero-order valence-corrected chi connectivity index (χ0v) is 48.2. The van der Waals surface area contributed by atoms with E-state index >= 15 is 0 Å². The molecule has 4 aliphatic rings. The van der Waals surface area contributed by atoms with Crippen LogP contribution in [0.1, 0.15) is 109 Å². The number of nitrogens with zero attached hydrogens (tertiary/aromatic N) is 6. The lowest BCUT2D eigenvalue weighted by molar-refractivity contribution is -0.438. The van der Waals surface area contributed by atoms with Crippen molar-refractivity contribution in [2.75, 3.05) is 43.0 Å². The van der Waals surface area contributed by atoms with Crippen molar-refractivity contribution in [2.45, 2.75) is 130 Å². The summed E-state index contributed by atoms with van der Waals surface area (Å²) in [6.07, 6.45) is 12.3. The van der Waals surface area contributed by atoms with Crippen LogP contribution in [-0.4, -0.2) is 136 Å². The largest absolute Gasteiger partial charge is 0.744 e. The number of carbonyl (C=O) groups is 1. The molecular formula is C48H65N8O19P3S2. The molecule has 1 amide bonds. The van der Waals surface area contributed by atoms with Gasteiger partial charge in [0.1, 0.15) is 34.6 Å². The van der Waals surface area contributed by atoms with Crippen LogP contribution in [0.4, 0.5) is 17.2 Å². The summed E-state index contributed by atoms with van der Waals surface area (Å²) in [7, 11) is -26.1. The highest BCUT2D eigenvalue weighted by Crippen LogP contribution is 2.66. The Hall–Kier alpha value is -4.64. The number of imidazole rings is 1. The van der Waals surface area contributed by atoms with Gasteiger partial charge in [-0.05, 0) is 108 Å². The van der Waals surface area contributed by atoms with Crippen LogP contribution in [0.25, 0.3) is 11.2 Å². The van der Waals surface area contributed by atoms with Crippen LogP contribution in [0.15, 0.2) is 82.8 Å². The maximum absolute atomic E-state index is 12.9. The van der Waals surface area contributed by atoms with Gasteiger partial charge in [0, 0.05) is 72.9 Å². The number of carbonyl (C=O) groups excluding carboxylic acids is 1. The molecule has 0 bridgehead atoms. The first-order valence-corrected chi connectivity index (χ1v) is 33.2. The van der Waals surface area contributed by atoms with Crippen LogP contribution in [-0.2, 0) is 62.7 Å². The zero-order chi connectivity index (χ0) is 58.2. The summed E-state index contributed by atoms with van der Waals surface area (Å²) >= 11 is 0. The van der Waals surface area contributed by atoms with E-state index in [1.165, 1.54) is 41.5 Å². The van der Waals surface area contributed by atoms with Crippen molar-refractivity contribution in [3.8, 4) is 0 Å². The van der Waals surface area contributed by atoms with Gasteiger partial charge in [0.05, 0.1) is 40.3 Å². The molecule has 9 N–H and O–H groups in total. The normalized spacial score (nSPS) is 25.5. The topological polar surface area (TPSA) is 403 Å². The first-order chi connectivity index (χ1) is 37.5. The van der Waals surface area contributed by atoms with Crippen molar-refractivity contribution < 1.29 is 91.9 Å². The number of aromatic nitrogens is 4. The molecule has 2 aromatic heterocycles. The second-order valence-corrected chi connectivity index (χ2v) is 27.8. The summed E-state index contributed by atoms with van der Waals surface area (Å²) < 4.78 is 122. The fourth-order valence-electron chi connectivity index (χ4n) is 11.3. The number of aliphatic hydroxyl groups is 2. The lowest BCUT2D eigenvalue weighted by atomic mass is 9.69. The minimum atomic E-state index is -5.75. The monoisotopic (exact) mass is 1210 g/mol. The van der Waals surface area contributed by atoms with Crippen LogP contribution in [0, 0.1) is 5.92 Å². The number of benzene rings is 2. The molecule has 2 aliphatic heterocycles. The van der Waals surface area contributed by atoms with Crippen LogP contribution < -0.4 is 15.5 Å². The van der Waals surface area contributed by atoms with Crippen LogP contribution in [0.3, 0.4) is 0 Å². The van der Waals surface area contributed by atoms with Gasteiger partial charge in [-0.3, -0.25) is 13.9 Å². The van der Waals surface area contributed by atoms with E-state index in [4.69, 9.17) is 9.79 Å². The van der Waals surface area contributed by atoms with Gasteiger partial charge in [0.2, 0.25) is 11.6 Å². The van der Waals surface area contributed by atoms with Crippen molar-refractivity contribution in [3.63, 3.8) is 0 Å². The predicted molar refractivity (Wildman–Crippen MR) is 287 cm³/mol. The fraction of sp³-hybridized carbons (Fsp3) is 0.521. The number of rotatable bonds is 25. The van der Waals surface area contributed by atoms with Gasteiger partial charge in [-0.1, -0.05) is 18.9 Å². The number of aliphatic hydroxyl groups excluding tert-OH is 2. The third kappa shape index (κ3) is 13.6. The van der Waals surface area contributed by atoms with E-state index in [2.05, 4.69) is 48.2 Å². The molecule has 8 atom stereocenters. The fourth-order valence-corrected chi connectivity index (χ4v) is 15.4. The number of phosphoric ester groups is 1. The Morgan fingerprint density at radius 1 is 0.850 bits per heavy atom. The average molecular weight is 1220 g/mol. The zero-order valence-electron chi connectivity index (χ0n) is 43.8. The van der Waals surface area contributed by atoms with Gasteiger partial charge in [-0.2, -0.15) is 21.6 Å². The molecule has 0 saturated heterocycles. The summed E-state index contributed by atoms with van der Waals surface area (Å²) in [6, 6.07) is 8.25. The molecule has 1 fully saturated rings. The Kier molecular flexibility index (Phi) is 18.4. The maximum atomic E-state index is 12.9. The molecule has 2 aliphatic carbocycles. The number of phosphoric acid groups is 3. The van der Waals surface area contributed by atoms with Gasteiger partial charge in [0.15, 0.2) is 17.2 Å². The third-order valence-corrected chi connectivity index (χ3v) is 20.8. The highest BCUT2D eigenvalue weighted by molar-refractivity contribution is 7.86. The average Bonchev–Trinajstić information content (AvgIpc) is 4.09. The molecule has 1 saturated carbocycles. The number of unbranched alkanes of at least 4 members (excludes halogenated alkanes) is 5. The van der Waals surface area contributed by atoms with Crippen molar-refractivity contribution in [1.82, 2.24) is 24.8 Å².